The molecule has 0 spiro atoms. The van der Waals surface area contributed by atoms with Gasteiger partial charge in [-0.05, 0) is 36.8 Å². The maximum absolute atomic E-state index is 12.3. The second-order valence-electron chi connectivity index (χ2n) is 7.22. The number of nitrogens with two attached hydrogens (primary N) is 1. The average molecular weight is 312 g/mol. The largest absolute Gasteiger partial charge is 0.369 e. The van der Waals surface area contributed by atoms with Gasteiger partial charge in [0.15, 0.2) is 11.6 Å². The lowest BCUT2D eigenvalue weighted by Gasteiger charge is -2.54. The first-order valence-corrected chi connectivity index (χ1v) is 7.99. The second kappa shape index (κ2) is 4.89. The number of ketones is 2. The summed E-state index contributed by atoms with van der Waals surface area (Å²) in [5.41, 5.74) is 5.08. The number of primary amides is 1. The molecule has 120 valence electrons. The minimum atomic E-state index is -0.823. The summed E-state index contributed by atoms with van der Waals surface area (Å²) in [5.74, 6) is -0.896. The minimum Gasteiger partial charge on any atom is -0.369 e. The Bertz CT molecular complexity index is 727. The van der Waals surface area contributed by atoms with Gasteiger partial charge in [0.25, 0.3) is 0 Å². The van der Waals surface area contributed by atoms with Crippen LogP contribution < -0.4 is 5.73 Å². The fourth-order valence-electron chi connectivity index (χ4n) is 4.89. The molecule has 5 heteroatoms. The van der Waals surface area contributed by atoms with E-state index in [1.165, 1.54) is 0 Å². The van der Waals surface area contributed by atoms with Crippen molar-refractivity contribution in [3.63, 3.8) is 0 Å². The number of rotatable bonds is 1. The minimum absolute atomic E-state index is 0.0169. The number of fused-ring (bicyclic) bond motifs is 3. The van der Waals surface area contributed by atoms with Gasteiger partial charge in [0.1, 0.15) is 6.07 Å². The molecule has 0 radical (unpaired) electrons. The molecule has 0 heterocycles. The summed E-state index contributed by atoms with van der Waals surface area (Å²) < 4.78 is 0. The van der Waals surface area contributed by atoms with Gasteiger partial charge >= 0.3 is 0 Å². The van der Waals surface area contributed by atoms with E-state index in [4.69, 9.17) is 5.73 Å². The third-order valence-electron chi connectivity index (χ3n) is 6.17. The third-order valence-corrected chi connectivity index (χ3v) is 6.17. The van der Waals surface area contributed by atoms with E-state index in [1.54, 1.807) is 12.2 Å². The van der Waals surface area contributed by atoms with Gasteiger partial charge in [-0.2, -0.15) is 5.26 Å². The topological polar surface area (TPSA) is 101 Å². The predicted octanol–water partition coefficient (Wildman–Crippen LogP) is 1.83. The highest BCUT2D eigenvalue weighted by atomic mass is 16.1. The molecule has 4 unspecified atom stereocenters. The molecule has 0 aliphatic heterocycles. The molecule has 1 amide bonds. The SMILES string of the molecule is CC1C(=O)C(C#N)=CC2(C)C3=CC(=O)CCC3(C(N)=O)CCC12. The average Bonchev–Trinajstić information content (AvgIpc) is 2.51. The zero-order valence-corrected chi connectivity index (χ0v) is 13.4. The molecule has 1 fully saturated rings. The van der Waals surface area contributed by atoms with Crippen LogP contribution in [0.5, 0.6) is 0 Å². The van der Waals surface area contributed by atoms with E-state index in [9.17, 15) is 19.6 Å². The number of amides is 1. The van der Waals surface area contributed by atoms with Crippen molar-refractivity contribution in [1.29, 1.82) is 5.26 Å². The van der Waals surface area contributed by atoms with Crippen LogP contribution >= 0.6 is 0 Å². The molecular formula is C18H20N2O3. The number of nitriles is 1. The smallest absolute Gasteiger partial charge is 0.227 e. The Labute approximate surface area is 135 Å². The first kappa shape index (κ1) is 15.7. The maximum Gasteiger partial charge on any atom is 0.227 e. The number of hydrogen-bond acceptors (Lipinski definition) is 4. The molecule has 3 aliphatic carbocycles. The highest BCUT2D eigenvalue weighted by Gasteiger charge is 2.58. The van der Waals surface area contributed by atoms with E-state index in [0.717, 1.165) is 0 Å². The number of Topliss-reactive ketones (excluding diaryl/α,β-unsaturated/α-hetero) is 1. The van der Waals surface area contributed by atoms with Gasteiger partial charge in [-0.3, -0.25) is 14.4 Å². The highest BCUT2D eigenvalue weighted by Crippen LogP contribution is 2.61. The van der Waals surface area contributed by atoms with Crippen LogP contribution in [0.2, 0.25) is 0 Å². The summed E-state index contributed by atoms with van der Waals surface area (Å²) in [7, 11) is 0. The number of hydrogen-bond donors (Lipinski definition) is 1. The quantitative estimate of drug-likeness (QED) is 0.798. The van der Waals surface area contributed by atoms with E-state index in [-0.39, 0.29) is 29.0 Å². The van der Waals surface area contributed by atoms with Gasteiger partial charge in [-0.15, -0.1) is 0 Å². The van der Waals surface area contributed by atoms with Gasteiger partial charge in [0, 0.05) is 17.8 Å². The van der Waals surface area contributed by atoms with Crippen LogP contribution in [-0.4, -0.2) is 17.5 Å². The molecule has 0 aromatic heterocycles. The molecule has 0 bridgehead atoms. The molecule has 23 heavy (non-hydrogen) atoms. The number of allylic oxidation sites excluding steroid dienone is 3. The Morgan fingerprint density at radius 3 is 2.70 bits per heavy atom. The standard InChI is InChI=1S/C18H20N2O3/c1-10-13-4-6-18(16(20)23)5-3-12(21)7-14(18)17(13,2)8-11(9-19)15(10)22/h7-8,10,13H,3-6H2,1-2H3,(H2,20,23). The zero-order chi connectivity index (χ0) is 17.0. The van der Waals surface area contributed by atoms with Crippen LogP contribution in [0, 0.1) is 34.0 Å². The van der Waals surface area contributed by atoms with Gasteiger partial charge < -0.3 is 5.73 Å². The van der Waals surface area contributed by atoms with E-state index in [2.05, 4.69) is 0 Å². The Morgan fingerprint density at radius 1 is 1.39 bits per heavy atom. The van der Waals surface area contributed by atoms with Crippen LogP contribution in [0.25, 0.3) is 0 Å². The van der Waals surface area contributed by atoms with Crippen molar-refractivity contribution in [2.75, 3.05) is 0 Å². The molecular weight excluding hydrogens is 292 g/mol. The van der Waals surface area contributed by atoms with Gasteiger partial charge in [0.2, 0.25) is 5.91 Å². The lowest BCUT2D eigenvalue weighted by Crippen LogP contribution is -2.54. The normalized spacial score (nSPS) is 39.5. The van der Waals surface area contributed by atoms with Crippen molar-refractivity contribution in [2.45, 2.75) is 39.5 Å². The lowest BCUT2D eigenvalue weighted by atomic mass is 9.47. The summed E-state index contributed by atoms with van der Waals surface area (Å²) in [5, 5.41) is 9.29. The molecule has 2 N–H and O–H groups in total. The van der Waals surface area contributed by atoms with Crippen LogP contribution in [0.3, 0.4) is 0 Å². The lowest BCUT2D eigenvalue weighted by molar-refractivity contribution is -0.131. The monoisotopic (exact) mass is 312 g/mol. The Balaban J connectivity index is 2.25. The number of carbonyl (C=O) groups is 3. The zero-order valence-electron chi connectivity index (χ0n) is 13.4. The summed E-state index contributed by atoms with van der Waals surface area (Å²) in [6.45, 7) is 3.76. The van der Waals surface area contributed by atoms with E-state index >= 15 is 0 Å². The highest BCUT2D eigenvalue weighted by molar-refractivity contribution is 6.03. The van der Waals surface area contributed by atoms with Gasteiger partial charge in [-0.1, -0.05) is 19.9 Å². The second-order valence-corrected chi connectivity index (χ2v) is 7.22. The van der Waals surface area contributed by atoms with E-state index in [1.807, 2.05) is 19.9 Å². The number of nitrogens with zero attached hydrogens (tertiary/aromatic N) is 1. The Morgan fingerprint density at radius 2 is 2.09 bits per heavy atom. The van der Waals surface area contributed by atoms with Crippen molar-refractivity contribution < 1.29 is 14.4 Å². The maximum atomic E-state index is 12.3. The van der Waals surface area contributed by atoms with Crippen molar-refractivity contribution in [3.8, 4) is 6.07 Å². The van der Waals surface area contributed by atoms with Crippen molar-refractivity contribution in [2.24, 2.45) is 28.4 Å². The van der Waals surface area contributed by atoms with Crippen LogP contribution in [-0.2, 0) is 14.4 Å². The molecule has 0 aromatic carbocycles. The fraction of sp³-hybridized carbons (Fsp3) is 0.556. The van der Waals surface area contributed by atoms with Crippen LogP contribution in [0.4, 0.5) is 0 Å². The first-order chi connectivity index (χ1) is 10.8. The summed E-state index contributed by atoms with van der Waals surface area (Å²) in [4.78, 5) is 36.6. The molecule has 3 rings (SSSR count). The van der Waals surface area contributed by atoms with Crippen molar-refractivity contribution in [1.82, 2.24) is 0 Å². The Kier molecular flexibility index (Phi) is 3.33. The van der Waals surface area contributed by atoms with Crippen molar-refractivity contribution in [3.05, 3.63) is 23.3 Å². The molecule has 1 saturated carbocycles. The third kappa shape index (κ3) is 1.94. The molecule has 0 aromatic rings. The molecule has 0 saturated heterocycles. The molecule has 5 nitrogen and oxygen atoms in total. The fourth-order valence-corrected chi connectivity index (χ4v) is 4.89. The van der Waals surface area contributed by atoms with E-state index in [0.29, 0.717) is 31.3 Å². The van der Waals surface area contributed by atoms with Crippen LogP contribution in [0.15, 0.2) is 23.3 Å². The summed E-state index contributed by atoms with van der Waals surface area (Å²) >= 11 is 0. The number of carbonyl (C=O) groups excluding carboxylic acids is 3. The predicted molar refractivity (Wildman–Crippen MR) is 82.6 cm³/mol. The first-order valence-electron chi connectivity index (χ1n) is 7.99. The van der Waals surface area contributed by atoms with Gasteiger partial charge in [0.05, 0.1) is 11.0 Å². The van der Waals surface area contributed by atoms with E-state index < -0.39 is 16.7 Å². The van der Waals surface area contributed by atoms with Gasteiger partial charge in [-0.25, -0.2) is 0 Å². The summed E-state index contributed by atoms with van der Waals surface area (Å²) in [6.07, 6.45) is 5.21. The van der Waals surface area contributed by atoms with Crippen molar-refractivity contribution >= 4 is 17.5 Å². The molecule has 4 atom stereocenters. The molecule has 3 aliphatic rings. The van der Waals surface area contributed by atoms with Crippen LogP contribution in [0.1, 0.15) is 39.5 Å². The summed E-state index contributed by atoms with van der Waals surface area (Å²) in [6, 6.07) is 1.97. The Hall–Kier alpha value is -2.22.